The average molecular weight is 324 g/mol. The van der Waals surface area contributed by atoms with Gasteiger partial charge < -0.3 is 10.5 Å². The molecule has 0 bridgehead atoms. The summed E-state index contributed by atoms with van der Waals surface area (Å²) in [5.74, 6) is 1.72. The molecule has 0 atom stereocenters. The lowest BCUT2D eigenvalue weighted by Crippen LogP contribution is -1.93. The molecule has 94 valence electrons. The smallest absolute Gasteiger partial charge is 0.118 e. The predicted molar refractivity (Wildman–Crippen MR) is 81.1 cm³/mol. The van der Waals surface area contributed by atoms with Crippen molar-refractivity contribution >= 4 is 33.4 Å². The van der Waals surface area contributed by atoms with Crippen LogP contribution in [0.2, 0.25) is 0 Å². The molecule has 0 amide bonds. The Kier molecular flexibility index (Phi) is 4.55. The summed E-state index contributed by atoms with van der Waals surface area (Å²) < 4.78 is 6.19. The van der Waals surface area contributed by atoms with Crippen molar-refractivity contribution in [3.05, 3.63) is 52.5 Å². The van der Waals surface area contributed by atoms with Gasteiger partial charge in [-0.1, -0.05) is 22.0 Å². The van der Waals surface area contributed by atoms with Gasteiger partial charge in [0.1, 0.15) is 5.75 Å². The lowest BCUT2D eigenvalue weighted by atomic mass is 10.2. The number of hydrogen-bond acceptors (Lipinski definition) is 3. The van der Waals surface area contributed by atoms with Crippen molar-refractivity contribution in [2.75, 3.05) is 12.8 Å². The Morgan fingerprint density at radius 1 is 1.17 bits per heavy atom. The average Bonchev–Trinajstić information content (AvgIpc) is 2.39. The molecule has 0 fully saturated rings. The highest BCUT2D eigenvalue weighted by atomic mass is 79.9. The number of benzene rings is 2. The molecular weight excluding hydrogens is 310 g/mol. The zero-order chi connectivity index (χ0) is 13.0. The molecule has 0 heterocycles. The highest BCUT2D eigenvalue weighted by Crippen LogP contribution is 2.31. The molecule has 2 aromatic rings. The van der Waals surface area contributed by atoms with Gasteiger partial charge in [-0.15, -0.1) is 11.8 Å². The number of thioether (sulfide) groups is 1. The monoisotopic (exact) mass is 323 g/mol. The predicted octanol–water partition coefficient (Wildman–Crippen LogP) is 4.33. The van der Waals surface area contributed by atoms with Crippen molar-refractivity contribution in [3.63, 3.8) is 0 Å². The summed E-state index contributed by atoms with van der Waals surface area (Å²) in [5, 5.41) is 0. The number of anilines is 1. The molecule has 2 rings (SSSR count). The van der Waals surface area contributed by atoms with Crippen LogP contribution in [-0.2, 0) is 5.75 Å². The van der Waals surface area contributed by atoms with Crippen molar-refractivity contribution in [2.24, 2.45) is 0 Å². The fourth-order valence-corrected chi connectivity index (χ4v) is 3.22. The first-order valence-electron chi connectivity index (χ1n) is 5.50. The van der Waals surface area contributed by atoms with Crippen LogP contribution in [0.5, 0.6) is 5.75 Å². The SMILES string of the molecule is COc1ccc(SCc2c(N)cccc2Br)cc1. The summed E-state index contributed by atoms with van der Waals surface area (Å²) in [6.07, 6.45) is 0. The molecule has 2 nitrogen and oxygen atoms in total. The maximum atomic E-state index is 5.97. The molecule has 0 unspecified atom stereocenters. The first kappa shape index (κ1) is 13.3. The second-order valence-corrected chi connectivity index (χ2v) is 5.67. The highest BCUT2D eigenvalue weighted by molar-refractivity contribution is 9.10. The third-order valence-electron chi connectivity index (χ3n) is 2.60. The fraction of sp³-hybridized carbons (Fsp3) is 0.143. The van der Waals surface area contributed by atoms with E-state index in [1.165, 1.54) is 4.90 Å². The van der Waals surface area contributed by atoms with Gasteiger partial charge in [0.2, 0.25) is 0 Å². The molecule has 0 aliphatic rings. The molecule has 0 spiro atoms. The topological polar surface area (TPSA) is 35.2 Å². The van der Waals surface area contributed by atoms with Crippen LogP contribution < -0.4 is 10.5 Å². The summed E-state index contributed by atoms with van der Waals surface area (Å²) >= 11 is 5.29. The van der Waals surface area contributed by atoms with Gasteiger partial charge in [0.05, 0.1) is 7.11 Å². The van der Waals surface area contributed by atoms with Crippen molar-refractivity contribution in [2.45, 2.75) is 10.6 Å². The standard InChI is InChI=1S/C14H14BrNOS/c1-17-10-5-7-11(8-6-10)18-9-12-13(15)3-2-4-14(12)16/h2-8H,9,16H2,1H3. The Morgan fingerprint density at radius 3 is 2.50 bits per heavy atom. The number of methoxy groups -OCH3 is 1. The Morgan fingerprint density at radius 2 is 1.89 bits per heavy atom. The summed E-state index contributed by atoms with van der Waals surface area (Å²) in [7, 11) is 1.67. The van der Waals surface area contributed by atoms with E-state index in [1.807, 2.05) is 30.3 Å². The molecule has 4 heteroatoms. The zero-order valence-corrected chi connectivity index (χ0v) is 12.4. The van der Waals surface area contributed by atoms with Crippen molar-refractivity contribution < 1.29 is 4.74 Å². The maximum absolute atomic E-state index is 5.97. The number of ether oxygens (including phenoxy) is 1. The van der Waals surface area contributed by atoms with Crippen LogP contribution >= 0.6 is 27.7 Å². The third kappa shape index (κ3) is 3.21. The third-order valence-corrected chi connectivity index (χ3v) is 4.38. The lowest BCUT2D eigenvalue weighted by Gasteiger charge is -2.08. The van der Waals surface area contributed by atoms with E-state index in [4.69, 9.17) is 10.5 Å². The van der Waals surface area contributed by atoms with E-state index >= 15 is 0 Å². The fourth-order valence-electron chi connectivity index (χ4n) is 1.56. The van der Waals surface area contributed by atoms with Crippen LogP contribution in [-0.4, -0.2) is 7.11 Å². The van der Waals surface area contributed by atoms with E-state index in [0.29, 0.717) is 0 Å². The number of rotatable bonds is 4. The molecule has 0 saturated carbocycles. The Labute approximate surface area is 120 Å². The molecule has 0 aliphatic heterocycles. The Hall–Kier alpha value is -1.13. The summed E-state index contributed by atoms with van der Waals surface area (Å²) in [6, 6.07) is 13.9. The second-order valence-electron chi connectivity index (χ2n) is 3.77. The van der Waals surface area contributed by atoms with Crippen LogP contribution in [0.3, 0.4) is 0 Å². The summed E-state index contributed by atoms with van der Waals surface area (Å²) in [5.41, 5.74) is 7.93. The van der Waals surface area contributed by atoms with Gasteiger partial charge in [-0.2, -0.15) is 0 Å². The lowest BCUT2D eigenvalue weighted by molar-refractivity contribution is 0.414. The number of nitrogens with two attached hydrogens (primary N) is 1. The Bertz CT molecular complexity index is 508. The van der Waals surface area contributed by atoms with E-state index in [9.17, 15) is 0 Å². The van der Waals surface area contributed by atoms with E-state index in [2.05, 4.69) is 28.1 Å². The number of hydrogen-bond donors (Lipinski definition) is 1. The van der Waals surface area contributed by atoms with E-state index in [1.54, 1.807) is 18.9 Å². The molecular formula is C14H14BrNOS. The van der Waals surface area contributed by atoms with Gasteiger partial charge in [-0.25, -0.2) is 0 Å². The molecule has 0 saturated heterocycles. The largest absolute Gasteiger partial charge is 0.497 e. The minimum Gasteiger partial charge on any atom is -0.497 e. The first-order chi connectivity index (χ1) is 8.70. The second kappa shape index (κ2) is 6.16. The van der Waals surface area contributed by atoms with E-state index in [0.717, 1.165) is 27.2 Å². The quantitative estimate of drug-likeness (QED) is 0.671. The van der Waals surface area contributed by atoms with Crippen molar-refractivity contribution in [1.82, 2.24) is 0 Å². The minimum atomic E-state index is 0.824. The summed E-state index contributed by atoms with van der Waals surface area (Å²) in [4.78, 5) is 1.20. The van der Waals surface area contributed by atoms with Crippen molar-refractivity contribution in [3.8, 4) is 5.75 Å². The van der Waals surface area contributed by atoms with Gasteiger partial charge in [-0.3, -0.25) is 0 Å². The molecule has 2 N–H and O–H groups in total. The molecule has 18 heavy (non-hydrogen) atoms. The van der Waals surface area contributed by atoms with E-state index < -0.39 is 0 Å². The molecule has 2 aromatic carbocycles. The van der Waals surface area contributed by atoms with Crippen LogP contribution in [0.4, 0.5) is 5.69 Å². The summed E-state index contributed by atoms with van der Waals surface area (Å²) in [6.45, 7) is 0. The number of nitrogen functional groups attached to an aromatic ring is 1. The van der Waals surface area contributed by atoms with Crippen LogP contribution in [0.25, 0.3) is 0 Å². The highest BCUT2D eigenvalue weighted by Gasteiger charge is 2.05. The van der Waals surface area contributed by atoms with Gasteiger partial charge >= 0.3 is 0 Å². The van der Waals surface area contributed by atoms with Crippen LogP contribution in [0.15, 0.2) is 51.8 Å². The maximum Gasteiger partial charge on any atom is 0.118 e. The minimum absolute atomic E-state index is 0.824. The first-order valence-corrected chi connectivity index (χ1v) is 7.28. The van der Waals surface area contributed by atoms with E-state index in [-0.39, 0.29) is 0 Å². The van der Waals surface area contributed by atoms with Crippen molar-refractivity contribution in [1.29, 1.82) is 0 Å². The normalized spacial score (nSPS) is 10.3. The molecule has 0 aliphatic carbocycles. The Balaban J connectivity index is 2.06. The van der Waals surface area contributed by atoms with Gasteiger partial charge in [0.15, 0.2) is 0 Å². The van der Waals surface area contributed by atoms with Gasteiger partial charge in [0.25, 0.3) is 0 Å². The van der Waals surface area contributed by atoms with Crippen LogP contribution in [0.1, 0.15) is 5.56 Å². The molecule has 0 aromatic heterocycles. The van der Waals surface area contributed by atoms with Gasteiger partial charge in [-0.05, 0) is 42.0 Å². The zero-order valence-electron chi connectivity index (χ0n) is 10.0. The van der Waals surface area contributed by atoms with Gasteiger partial charge in [0, 0.05) is 20.8 Å². The van der Waals surface area contributed by atoms with Crippen LogP contribution in [0, 0.1) is 0 Å². The number of halogens is 1. The molecule has 0 radical (unpaired) electrons.